The summed E-state index contributed by atoms with van der Waals surface area (Å²) in [7, 11) is 0. The molecule has 23 heavy (non-hydrogen) atoms. The second-order valence-corrected chi connectivity index (χ2v) is 5.89. The normalized spacial score (nSPS) is 15.0. The molecule has 0 atom stereocenters. The molecule has 6 heteroatoms. The van der Waals surface area contributed by atoms with Crippen LogP contribution < -0.4 is 11.1 Å². The summed E-state index contributed by atoms with van der Waals surface area (Å²) in [6, 6.07) is 7.83. The minimum absolute atomic E-state index is 0. The zero-order valence-electron chi connectivity index (χ0n) is 13.6. The van der Waals surface area contributed by atoms with E-state index in [1.807, 2.05) is 36.1 Å². The van der Waals surface area contributed by atoms with Gasteiger partial charge in [-0.25, -0.2) is 0 Å². The van der Waals surface area contributed by atoms with Gasteiger partial charge in [-0.05, 0) is 44.9 Å². The quantitative estimate of drug-likeness (QED) is 0.860. The van der Waals surface area contributed by atoms with Gasteiger partial charge in [0.2, 0.25) is 5.91 Å². The molecule has 3 N–H and O–H groups in total. The van der Waals surface area contributed by atoms with E-state index in [1.54, 1.807) is 0 Å². The lowest BCUT2D eigenvalue weighted by molar-refractivity contribution is -0.122. The lowest BCUT2D eigenvalue weighted by Crippen LogP contribution is -2.46. The molecule has 0 radical (unpaired) electrons. The van der Waals surface area contributed by atoms with Crippen LogP contribution >= 0.6 is 12.4 Å². The van der Waals surface area contributed by atoms with E-state index in [0.29, 0.717) is 26.1 Å². The summed E-state index contributed by atoms with van der Waals surface area (Å²) in [5.74, 6) is 0.140. The summed E-state index contributed by atoms with van der Waals surface area (Å²) < 4.78 is 0. The predicted molar refractivity (Wildman–Crippen MR) is 93.8 cm³/mol. The lowest BCUT2D eigenvalue weighted by atomic mass is 10.0. The van der Waals surface area contributed by atoms with Crippen molar-refractivity contribution in [2.75, 3.05) is 19.6 Å². The molecule has 1 aromatic rings. The molecule has 0 aromatic heterocycles. The topological polar surface area (TPSA) is 75.4 Å². The standard InChI is InChI=1S/C17H25N3O2.ClH/c1-13-4-6-14(7-5-13)17(22)20-11-8-15(9-12-20)19-16(21)3-2-10-18;/h4-7,15H,2-3,8-12,18H2,1H3,(H,19,21);1H. The van der Waals surface area contributed by atoms with Crippen LogP contribution in [0.15, 0.2) is 24.3 Å². The fourth-order valence-corrected chi connectivity index (χ4v) is 2.67. The summed E-state index contributed by atoms with van der Waals surface area (Å²) in [6.07, 6.45) is 2.83. The van der Waals surface area contributed by atoms with Gasteiger partial charge in [0.25, 0.3) is 5.91 Å². The number of carbonyl (C=O) groups is 2. The van der Waals surface area contributed by atoms with Crippen LogP contribution in [0.3, 0.4) is 0 Å². The molecule has 5 nitrogen and oxygen atoms in total. The van der Waals surface area contributed by atoms with Crippen LogP contribution in [-0.2, 0) is 4.79 Å². The van der Waals surface area contributed by atoms with E-state index >= 15 is 0 Å². The van der Waals surface area contributed by atoms with Crippen molar-refractivity contribution in [2.24, 2.45) is 5.73 Å². The van der Waals surface area contributed by atoms with Crippen molar-refractivity contribution in [3.05, 3.63) is 35.4 Å². The third kappa shape index (κ3) is 5.84. The second-order valence-electron chi connectivity index (χ2n) is 5.89. The Morgan fingerprint density at radius 3 is 2.39 bits per heavy atom. The van der Waals surface area contributed by atoms with Gasteiger partial charge < -0.3 is 16.0 Å². The van der Waals surface area contributed by atoms with E-state index in [0.717, 1.165) is 30.4 Å². The number of nitrogens with two attached hydrogens (primary N) is 1. The Morgan fingerprint density at radius 1 is 1.22 bits per heavy atom. The number of nitrogens with one attached hydrogen (secondary N) is 1. The van der Waals surface area contributed by atoms with E-state index in [-0.39, 0.29) is 30.3 Å². The van der Waals surface area contributed by atoms with E-state index < -0.39 is 0 Å². The van der Waals surface area contributed by atoms with E-state index in [4.69, 9.17) is 5.73 Å². The Balaban J connectivity index is 0.00000264. The maximum absolute atomic E-state index is 12.4. The largest absolute Gasteiger partial charge is 0.353 e. The van der Waals surface area contributed by atoms with Gasteiger partial charge in [0, 0.05) is 31.1 Å². The average molecular weight is 340 g/mol. The van der Waals surface area contributed by atoms with Crippen molar-refractivity contribution in [1.29, 1.82) is 0 Å². The summed E-state index contributed by atoms with van der Waals surface area (Å²) in [5.41, 5.74) is 7.28. The van der Waals surface area contributed by atoms with Crippen LogP contribution in [0.4, 0.5) is 0 Å². The molecule has 0 unspecified atom stereocenters. The van der Waals surface area contributed by atoms with E-state index in [2.05, 4.69) is 5.32 Å². The zero-order chi connectivity index (χ0) is 15.9. The molecule has 2 rings (SSSR count). The zero-order valence-corrected chi connectivity index (χ0v) is 14.4. The van der Waals surface area contributed by atoms with Gasteiger partial charge in [-0.1, -0.05) is 17.7 Å². The maximum atomic E-state index is 12.4. The molecule has 1 aliphatic rings. The Kier molecular flexibility index (Phi) is 8.06. The summed E-state index contributed by atoms with van der Waals surface area (Å²) in [6.45, 7) is 3.92. The molecule has 1 aromatic carbocycles. The number of nitrogens with zero attached hydrogens (tertiary/aromatic N) is 1. The van der Waals surface area contributed by atoms with Crippen LogP contribution in [0.5, 0.6) is 0 Å². The van der Waals surface area contributed by atoms with Crippen LogP contribution in [-0.4, -0.2) is 42.4 Å². The first-order valence-electron chi connectivity index (χ1n) is 7.95. The van der Waals surface area contributed by atoms with Gasteiger partial charge in [0.05, 0.1) is 0 Å². The molecule has 0 spiro atoms. The highest BCUT2D eigenvalue weighted by molar-refractivity contribution is 5.94. The fraction of sp³-hybridized carbons (Fsp3) is 0.529. The fourth-order valence-electron chi connectivity index (χ4n) is 2.67. The Morgan fingerprint density at radius 2 is 1.83 bits per heavy atom. The number of amides is 2. The number of benzene rings is 1. The Labute approximate surface area is 144 Å². The highest BCUT2D eigenvalue weighted by atomic mass is 35.5. The van der Waals surface area contributed by atoms with E-state index in [9.17, 15) is 9.59 Å². The Bertz CT molecular complexity index is 511. The third-order valence-electron chi connectivity index (χ3n) is 4.05. The van der Waals surface area contributed by atoms with Gasteiger partial charge in [0.15, 0.2) is 0 Å². The van der Waals surface area contributed by atoms with Crippen LogP contribution in [0.2, 0.25) is 0 Å². The smallest absolute Gasteiger partial charge is 0.253 e. The van der Waals surface area contributed by atoms with Crippen LogP contribution in [0.25, 0.3) is 0 Å². The van der Waals surface area contributed by atoms with Crippen molar-refractivity contribution < 1.29 is 9.59 Å². The number of carbonyl (C=O) groups excluding carboxylic acids is 2. The van der Waals surface area contributed by atoms with Crippen molar-refractivity contribution >= 4 is 24.2 Å². The number of piperidine rings is 1. The van der Waals surface area contributed by atoms with Gasteiger partial charge in [-0.15, -0.1) is 12.4 Å². The SMILES string of the molecule is Cc1ccc(C(=O)N2CCC(NC(=O)CCCN)CC2)cc1.Cl. The van der Waals surface area contributed by atoms with E-state index in [1.165, 1.54) is 0 Å². The minimum atomic E-state index is 0. The number of hydrogen-bond donors (Lipinski definition) is 2. The summed E-state index contributed by atoms with van der Waals surface area (Å²) in [5, 5.41) is 3.03. The highest BCUT2D eigenvalue weighted by Crippen LogP contribution is 2.14. The van der Waals surface area contributed by atoms with Gasteiger partial charge in [-0.3, -0.25) is 9.59 Å². The van der Waals surface area contributed by atoms with Gasteiger partial charge in [-0.2, -0.15) is 0 Å². The lowest BCUT2D eigenvalue weighted by Gasteiger charge is -2.32. The molecule has 1 aliphatic heterocycles. The molecule has 2 amide bonds. The summed E-state index contributed by atoms with van der Waals surface area (Å²) in [4.78, 5) is 26.0. The minimum Gasteiger partial charge on any atom is -0.353 e. The molecule has 128 valence electrons. The number of aryl methyl sites for hydroxylation is 1. The molecule has 1 saturated heterocycles. The Hall–Kier alpha value is -1.59. The first kappa shape index (κ1) is 19.5. The monoisotopic (exact) mass is 339 g/mol. The first-order chi connectivity index (χ1) is 10.6. The molecule has 0 saturated carbocycles. The number of hydrogen-bond acceptors (Lipinski definition) is 3. The highest BCUT2D eigenvalue weighted by Gasteiger charge is 2.24. The second kappa shape index (κ2) is 9.53. The third-order valence-corrected chi connectivity index (χ3v) is 4.05. The van der Waals surface area contributed by atoms with Gasteiger partial charge >= 0.3 is 0 Å². The number of halogens is 1. The predicted octanol–water partition coefficient (Wildman–Crippen LogP) is 1.88. The molecule has 0 aliphatic carbocycles. The number of likely N-dealkylation sites (tertiary alicyclic amines) is 1. The first-order valence-corrected chi connectivity index (χ1v) is 7.95. The van der Waals surface area contributed by atoms with Crippen molar-refractivity contribution in [3.8, 4) is 0 Å². The van der Waals surface area contributed by atoms with Crippen molar-refractivity contribution in [3.63, 3.8) is 0 Å². The van der Waals surface area contributed by atoms with Crippen molar-refractivity contribution in [1.82, 2.24) is 10.2 Å². The summed E-state index contributed by atoms with van der Waals surface area (Å²) >= 11 is 0. The molecule has 0 bridgehead atoms. The number of rotatable bonds is 5. The molecule has 1 fully saturated rings. The molecule has 1 heterocycles. The van der Waals surface area contributed by atoms with Gasteiger partial charge in [0.1, 0.15) is 0 Å². The van der Waals surface area contributed by atoms with Crippen LogP contribution in [0.1, 0.15) is 41.6 Å². The maximum Gasteiger partial charge on any atom is 0.253 e. The van der Waals surface area contributed by atoms with Crippen molar-refractivity contribution in [2.45, 2.75) is 38.6 Å². The van der Waals surface area contributed by atoms with Crippen LogP contribution in [0, 0.1) is 6.92 Å². The average Bonchev–Trinajstić information content (AvgIpc) is 2.54. The molecular formula is C17H26ClN3O2. The molecular weight excluding hydrogens is 314 g/mol.